The van der Waals surface area contributed by atoms with Gasteiger partial charge in [0, 0.05) is 16.9 Å². The van der Waals surface area contributed by atoms with Crippen LogP contribution in [0.1, 0.15) is 74.1 Å². The van der Waals surface area contributed by atoms with Gasteiger partial charge < -0.3 is 14.7 Å². The summed E-state index contributed by atoms with van der Waals surface area (Å²) < 4.78 is 5.98. The lowest BCUT2D eigenvalue weighted by Gasteiger charge is -2.28. The van der Waals surface area contributed by atoms with E-state index < -0.39 is 5.97 Å². The normalized spacial score (nSPS) is 15.4. The number of hydrogen-bond acceptors (Lipinski definition) is 6. The van der Waals surface area contributed by atoms with Crippen LogP contribution in [0.25, 0.3) is 11.3 Å². The van der Waals surface area contributed by atoms with Crippen molar-refractivity contribution in [2.75, 3.05) is 0 Å². The first kappa shape index (κ1) is 24.9. The number of aliphatic carboxylic acids is 1. The molecular formula is C28H32N2O4S. The maximum absolute atomic E-state index is 10.8. The number of rotatable bonds is 10. The first-order valence-electron chi connectivity index (χ1n) is 12.2. The van der Waals surface area contributed by atoms with Crippen molar-refractivity contribution in [1.82, 2.24) is 4.98 Å². The summed E-state index contributed by atoms with van der Waals surface area (Å²) in [4.78, 5) is 21.2. The van der Waals surface area contributed by atoms with Gasteiger partial charge in [0.25, 0.3) is 0 Å². The molecule has 1 N–H and O–H groups in total. The number of hydrogen-bond donors (Lipinski definition) is 1. The molecule has 1 atom stereocenters. The Morgan fingerprint density at radius 1 is 1.09 bits per heavy atom. The Morgan fingerprint density at radius 3 is 2.43 bits per heavy atom. The lowest BCUT2D eigenvalue weighted by molar-refractivity contribution is -0.129. The Bertz CT molecular complexity index is 1120. The van der Waals surface area contributed by atoms with Gasteiger partial charge in [-0.2, -0.15) is 0 Å². The van der Waals surface area contributed by atoms with Crippen LogP contribution in [0, 0.1) is 5.92 Å². The van der Waals surface area contributed by atoms with Crippen molar-refractivity contribution >= 4 is 23.5 Å². The number of aromatic nitrogens is 1. The second-order valence-corrected chi connectivity index (χ2v) is 10.2. The zero-order chi connectivity index (χ0) is 24.6. The van der Waals surface area contributed by atoms with Gasteiger partial charge in [-0.25, -0.2) is 9.78 Å². The molecule has 3 aromatic rings. The third-order valence-corrected chi connectivity index (χ3v) is 7.23. The highest BCUT2D eigenvalue weighted by Crippen LogP contribution is 2.37. The molecule has 0 amide bonds. The quantitative estimate of drug-likeness (QED) is 0.239. The first-order chi connectivity index (χ1) is 17.0. The minimum Gasteiger partial charge on any atom is -0.486 e. The minimum absolute atomic E-state index is 0.261. The highest BCUT2D eigenvalue weighted by molar-refractivity contribution is 7.09. The summed E-state index contributed by atoms with van der Waals surface area (Å²) >= 11 is 1.59. The van der Waals surface area contributed by atoms with Crippen LogP contribution in [-0.4, -0.2) is 22.3 Å². The van der Waals surface area contributed by atoms with Crippen LogP contribution in [0.4, 0.5) is 0 Å². The van der Waals surface area contributed by atoms with E-state index in [4.69, 9.17) is 19.7 Å². The van der Waals surface area contributed by atoms with Gasteiger partial charge >= 0.3 is 5.97 Å². The highest BCUT2D eigenvalue weighted by atomic mass is 32.1. The number of benzene rings is 2. The Hall–Kier alpha value is -3.19. The topological polar surface area (TPSA) is 81.0 Å². The lowest BCUT2D eigenvalue weighted by Crippen LogP contribution is -2.18. The molecule has 1 heterocycles. The summed E-state index contributed by atoms with van der Waals surface area (Å²) in [5, 5.41) is 15.5. The van der Waals surface area contributed by atoms with Gasteiger partial charge in [-0.1, -0.05) is 74.7 Å². The van der Waals surface area contributed by atoms with Crippen molar-refractivity contribution in [2.24, 2.45) is 11.1 Å². The average molecular weight is 493 g/mol. The van der Waals surface area contributed by atoms with Crippen LogP contribution in [0.5, 0.6) is 5.75 Å². The number of carboxylic acids is 1. The van der Waals surface area contributed by atoms with Crippen LogP contribution < -0.4 is 4.74 Å². The number of carboxylic acid groups (broad SMARTS) is 1. The Morgan fingerprint density at radius 2 is 1.77 bits per heavy atom. The monoisotopic (exact) mass is 492 g/mol. The van der Waals surface area contributed by atoms with Gasteiger partial charge in [0.2, 0.25) is 0 Å². The van der Waals surface area contributed by atoms with E-state index in [0.29, 0.717) is 18.4 Å². The van der Waals surface area contributed by atoms with E-state index in [2.05, 4.69) is 48.6 Å². The van der Waals surface area contributed by atoms with Gasteiger partial charge in [-0.15, -0.1) is 11.3 Å². The highest BCUT2D eigenvalue weighted by Gasteiger charge is 2.27. The molecule has 1 aromatic heterocycles. The molecule has 7 heteroatoms. The van der Waals surface area contributed by atoms with E-state index in [1.807, 2.05) is 24.3 Å². The molecule has 0 aliphatic heterocycles. The predicted molar refractivity (Wildman–Crippen MR) is 139 cm³/mol. The van der Waals surface area contributed by atoms with Crippen LogP contribution in [0.3, 0.4) is 0 Å². The van der Waals surface area contributed by atoms with Crippen LogP contribution in [-0.2, 0) is 16.2 Å². The number of ether oxygens (including phenoxy) is 1. The molecule has 1 aliphatic rings. The third-order valence-electron chi connectivity index (χ3n) is 6.41. The van der Waals surface area contributed by atoms with Crippen molar-refractivity contribution < 1.29 is 19.5 Å². The molecule has 6 nitrogen and oxygen atoms in total. The molecule has 184 valence electrons. The van der Waals surface area contributed by atoms with Crippen molar-refractivity contribution in [3.63, 3.8) is 0 Å². The minimum atomic E-state index is -1.12. The fourth-order valence-corrected chi connectivity index (χ4v) is 5.16. The second-order valence-electron chi connectivity index (χ2n) is 9.26. The first-order valence-corrected chi connectivity index (χ1v) is 13.1. The molecule has 35 heavy (non-hydrogen) atoms. The van der Waals surface area contributed by atoms with Crippen LogP contribution in [0.15, 0.2) is 59.1 Å². The summed E-state index contributed by atoms with van der Waals surface area (Å²) in [5.74, 6) is 0.471. The molecule has 0 spiro atoms. The van der Waals surface area contributed by atoms with E-state index >= 15 is 0 Å². The van der Waals surface area contributed by atoms with Crippen molar-refractivity contribution in [1.29, 1.82) is 0 Å². The van der Waals surface area contributed by atoms with Gasteiger partial charge in [0.1, 0.15) is 17.4 Å². The molecule has 1 aliphatic carbocycles. The Labute approximate surface area is 210 Å². The lowest BCUT2D eigenvalue weighted by atomic mass is 9.83. The molecule has 2 aromatic carbocycles. The van der Waals surface area contributed by atoms with Crippen molar-refractivity contribution in [3.05, 3.63) is 70.0 Å². The summed E-state index contributed by atoms with van der Waals surface area (Å²) in [6.45, 7) is 4.78. The van der Waals surface area contributed by atoms with Crippen molar-refractivity contribution in [2.45, 2.75) is 64.6 Å². The molecular weight excluding hydrogens is 460 g/mol. The zero-order valence-corrected chi connectivity index (χ0v) is 21.0. The smallest absolute Gasteiger partial charge is 0.350 e. The van der Waals surface area contributed by atoms with Crippen LogP contribution in [0.2, 0.25) is 0 Å². The third kappa shape index (κ3) is 6.92. The molecule has 0 saturated heterocycles. The number of oxime groups is 1. The van der Waals surface area contributed by atoms with Crippen molar-refractivity contribution in [3.8, 4) is 17.0 Å². The standard InChI is InChI=1S/C28H32N2O4S/c1-19(2)20-8-10-21(11-9-20)25-18-35-26(30-25)17-33-24-14-12-23(13-15-24)28(34-29-16-27(31)32)22-6-4-3-5-7-22/h8-16,18-19,22,28H,3-7,17H2,1-2H3,(H,31,32)/b29-16+. The van der Waals surface area contributed by atoms with E-state index in [-0.39, 0.29) is 6.10 Å². The molecule has 0 bridgehead atoms. The molecule has 0 radical (unpaired) electrons. The van der Waals surface area contributed by atoms with Gasteiger partial charge in [-0.3, -0.25) is 0 Å². The van der Waals surface area contributed by atoms with E-state index in [1.54, 1.807) is 11.3 Å². The summed E-state index contributed by atoms with van der Waals surface area (Å²) in [7, 11) is 0. The molecule has 1 fully saturated rings. The van der Waals surface area contributed by atoms with Gasteiger partial charge in [0.15, 0.2) is 12.3 Å². The maximum atomic E-state index is 10.8. The Balaban J connectivity index is 1.38. The molecule has 1 unspecified atom stereocenters. The second kappa shape index (κ2) is 12.0. The largest absolute Gasteiger partial charge is 0.486 e. The van der Waals surface area contributed by atoms with E-state index in [9.17, 15) is 4.79 Å². The fraction of sp³-hybridized carbons (Fsp3) is 0.393. The Kier molecular flexibility index (Phi) is 8.53. The van der Waals surface area contributed by atoms with E-state index in [1.165, 1.54) is 12.0 Å². The zero-order valence-electron chi connectivity index (χ0n) is 20.2. The van der Waals surface area contributed by atoms with Gasteiger partial charge in [-0.05, 0) is 42.0 Å². The van der Waals surface area contributed by atoms with Gasteiger partial charge in [0.05, 0.1) is 5.69 Å². The average Bonchev–Trinajstić information content (AvgIpc) is 3.35. The number of nitrogens with zero attached hydrogens (tertiary/aromatic N) is 2. The molecule has 4 rings (SSSR count). The fourth-order valence-electron chi connectivity index (χ4n) is 4.44. The number of thiazole rings is 1. The summed E-state index contributed by atoms with van der Waals surface area (Å²) in [6, 6.07) is 16.4. The predicted octanol–water partition coefficient (Wildman–Crippen LogP) is 7.22. The number of carbonyl (C=O) groups is 1. The maximum Gasteiger partial charge on any atom is 0.350 e. The molecule has 1 saturated carbocycles. The van der Waals surface area contributed by atoms with Crippen LogP contribution >= 0.6 is 11.3 Å². The summed E-state index contributed by atoms with van der Waals surface area (Å²) in [5.41, 5.74) is 4.38. The SMILES string of the molecule is CC(C)c1ccc(-c2csc(COc3ccc(C(O/N=C/C(=O)O)C4CCCCC4)cc3)n2)cc1. The summed E-state index contributed by atoms with van der Waals surface area (Å²) in [6.07, 6.45) is 6.20. The van der Waals surface area contributed by atoms with E-state index in [0.717, 1.165) is 59.5 Å².